The lowest BCUT2D eigenvalue weighted by atomic mass is 9.98. The van der Waals surface area contributed by atoms with Crippen molar-refractivity contribution in [3.05, 3.63) is 82.4 Å². The lowest BCUT2D eigenvalue weighted by Crippen LogP contribution is -2.16. The maximum Gasteiger partial charge on any atom is 0.137 e. The number of rotatable bonds is 7. The molecule has 0 spiro atoms. The van der Waals surface area contributed by atoms with Crippen LogP contribution in [0.15, 0.2) is 71.3 Å². The zero-order valence-electron chi connectivity index (χ0n) is 16.7. The summed E-state index contributed by atoms with van der Waals surface area (Å²) < 4.78 is 0. The van der Waals surface area contributed by atoms with E-state index in [4.69, 9.17) is 0 Å². The molecule has 2 rings (SSSR count). The molecule has 0 aliphatic carbocycles. The summed E-state index contributed by atoms with van der Waals surface area (Å²) in [7, 11) is 5.93. The quantitative estimate of drug-likeness (QED) is 0.499. The Balaban J connectivity index is 2.54. The summed E-state index contributed by atoms with van der Waals surface area (Å²) in [5, 5.41) is 20.1. The van der Waals surface area contributed by atoms with Gasteiger partial charge in [-0.2, -0.15) is 10.5 Å². The Bertz CT molecular complexity index is 931. The van der Waals surface area contributed by atoms with E-state index in [1.807, 2.05) is 80.8 Å². The fourth-order valence-corrected chi connectivity index (χ4v) is 3.52. The first kappa shape index (κ1) is 21.2. The van der Waals surface area contributed by atoms with Gasteiger partial charge in [-0.05, 0) is 24.0 Å². The van der Waals surface area contributed by atoms with Crippen LogP contribution in [-0.4, -0.2) is 32.3 Å². The van der Waals surface area contributed by atoms with Gasteiger partial charge in [0.1, 0.15) is 17.7 Å². The number of nitrogens with zero attached hydrogens (tertiary/aromatic N) is 4. The SMILES string of the molecule is CS/C(=C\C(=C(C#N)C#N)c1ccccc1N(C)C)N(C)Cc1ccccc1. The Morgan fingerprint density at radius 2 is 1.57 bits per heavy atom. The average molecular weight is 389 g/mol. The molecule has 0 aromatic heterocycles. The maximum absolute atomic E-state index is 9.55. The van der Waals surface area contributed by atoms with Crippen LogP contribution in [0.5, 0.6) is 0 Å². The highest BCUT2D eigenvalue weighted by Gasteiger charge is 2.15. The van der Waals surface area contributed by atoms with Crippen molar-refractivity contribution in [2.75, 3.05) is 32.3 Å². The van der Waals surface area contributed by atoms with Crippen LogP contribution in [0.25, 0.3) is 5.57 Å². The van der Waals surface area contributed by atoms with Gasteiger partial charge in [-0.1, -0.05) is 48.5 Å². The molecule has 142 valence electrons. The summed E-state index contributed by atoms with van der Waals surface area (Å²) in [5.74, 6) is 0. The number of anilines is 1. The molecule has 2 aromatic rings. The van der Waals surface area contributed by atoms with Crippen molar-refractivity contribution in [1.82, 2.24) is 4.90 Å². The minimum absolute atomic E-state index is 0.106. The van der Waals surface area contributed by atoms with Crippen molar-refractivity contribution in [1.29, 1.82) is 10.5 Å². The van der Waals surface area contributed by atoms with E-state index in [0.29, 0.717) is 5.57 Å². The highest BCUT2D eigenvalue weighted by Crippen LogP contribution is 2.32. The predicted molar refractivity (Wildman–Crippen MR) is 118 cm³/mol. The highest BCUT2D eigenvalue weighted by atomic mass is 32.2. The van der Waals surface area contributed by atoms with Crippen LogP contribution in [0.3, 0.4) is 0 Å². The minimum Gasteiger partial charge on any atom is -0.377 e. The Hall–Kier alpha value is -3.15. The molecule has 2 aromatic carbocycles. The molecule has 4 nitrogen and oxygen atoms in total. The monoisotopic (exact) mass is 388 g/mol. The summed E-state index contributed by atoms with van der Waals surface area (Å²) in [4.78, 5) is 4.12. The van der Waals surface area contributed by atoms with Crippen LogP contribution < -0.4 is 4.90 Å². The Labute approximate surface area is 172 Å². The van der Waals surface area contributed by atoms with E-state index in [1.165, 1.54) is 5.56 Å². The van der Waals surface area contributed by atoms with E-state index < -0.39 is 0 Å². The summed E-state index contributed by atoms with van der Waals surface area (Å²) in [6, 6.07) is 22.2. The van der Waals surface area contributed by atoms with Crippen LogP contribution in [0, 0.1) is 22.7 Å². The van der Waals surface area contributed by atoms with Crippen molar-refractivity contribution in [2.45, 2.75) is 6.54 Å². The second-order valence-corrected chi connectivity index (χ2v) is 7.28. The predicted octanol–water partition coefficient (Wildman–Crippen LogP) is 4.89. The van der Waals surface area contributed by atoms with Crippen LogP contribution in [0.4, 0.5) is 5.69 Å². The Kier molecular flexibility index (Phi) is 7.75. The fourth-order valence-electron chi connectivity index (χ4n) is 2.91. The van der Waals surface area contributed by atoms with Crippen LogP contribution in [0.1, 0.15) is 11.1 Å². The summed E-state index contributed by atoms with van der Waals surface area (Å²) >= 11 is 1.59. The topological polar surface area (TPSA) is 54.1 Å². The lowest BCUT2D eigenvalue weighted by Gasteiger charge is -2.23. The van der Waals surface area contributed by atoms with E-state index in [9.17, 15) is 10.5 Å². The first-order valence-corrected chi connectivity index (χ1v) is 10.1. The third-order valence-electron chi connectivity index (χ3n) is 4.28. The standard InChI is InChI=1S/C23H24N4S/c1-26(2)22-13-9-8-12-20(22)21(19(15-24)16-25)14-23(28-4)27(3)17-18-10-6-5-7-11-18/h5-14H,17H2,1-4H3/b23-14-. The number of para-hydroxylation sites is 1. The maximum atomic E-state index is 9.55. The Morgan fingerprint density at radius 3 is 2.14 bits per heavy atom. The van der Waals surface area contributed by atoms with Crippen molar-refractivity contribution in [3.8, 4) is 12.1 Å². The van der Waals surface area contributed by atoms with Crippen molar-refractivity contribution in [3.63, 3.8) is 0 Å². The first-order valence-electron chi connectivity index (χ1n) is 8.83. The van der Waals surface area contributed by atoms with Crippen molar-refractivity contribution >= 4 is 23.0 Å². The molecular weight excluding hydrogens is 364 g/mol. The van der Waals surface area contributed by atoms with Gasteiger partial charge in [-0.25, -0.2) is 0 Å². The molecule has 0 heterocycles. The van der Waals surface area contributed by atoms with E-state index in [1.54, 1.807) is 11.8 Å². The summed E-state index contributed by atoms with van der Waals surface area (Å²) in [6.07, 6.45) is 3.94. The molecule has 0 atom stereocenters. The third-order valence-corrected chi connectivity index (χ3v) is 5.13. The largest absolute Gasteiger partial charge is 0.377 e. The third kappa shape index (κ3) is 5.19. The zero-order chi connectivity index (χ0) is 20.5. The molecule has 0 saturated heterocycles. The Morgan fingerprint density at radius 1 is 0.964 bits per heavy atom. The van der Waals surface area contributed by atoms with Gasteiger partial charge in [0.05, 0.1) is 5.03 Å². The van der Waals surface area contributed by atoms with E-state index in [-0.39, 0.29) is 5.57 Å². The molecule has 0 saturated carbocycles. The second-order valence-electron chi connectivity index (χ2n) is 6.45. The molecule has 0 bridgehead atoms. The number of hydrogen-bond acceptors (Lipinski definition) is 5. The van der Waals surface area contributed by atoms with E-state index in [2.05, 4.69) is 29.2 Å². The van der Waals surface area contributed by atoms with Gasteiger partial charge in [0.15, 0.2) is 0 Å². The van der Waals surface area contributed by atoms with Crippen LogP contribution in [0.2, 0.25) is 0 Å². The van der Waals surface area contributed by atoms with Gasteiger partial charge in [0.2, 0.25) is 0 Å². The number of allylic oxidation sites excluding steroid dienone is 3. The minimum atomic E-state index is 0.106. The van der Waals surface area contributed by atoms with Gasteiger partial charge < -0.3 is 9.80 Å². The molecule has 0 unspecified atom stereocenters. The molecule has 28 heavy (non-hydrogen) atoms. The van der Waals surface area contributed by atoms with E-state index in [0.717, 1.165) is 22.8 Å². The smallest absolute Gasteiger partial charge is 0.137 e. The molecule has 0 N–H and O–H groups in total. The lowest BCUT2D eigenvalue weighted by molar-refractivity contribution is 0.440. The van der Waals surface area contributed by atoms with Crippen LogP contribution in [-0.2, 0) is 6.54 Å². The molecule has 0 aliphatic heterocycles. The number of hydrogen-bond donors (Lipinski definition) is 0. The average Bonchev–Trinajstić information content (AvgIpc) is 2.71. The molecule has 0 fully saturated rings. The summed E-state index contributed by atoms with van der Waals surface area (Å²) in [6.45, 7) is 0.741. The van der Waals surface area contributed by atoms with Gasteiger partial charge in [-0.3, -0.25) is 0 Å². The van der Waals surface area contributed by atoms with E-state index >= 15 is 0 Å². The van der Waals surface area contributed by atoms with Crippen molar-refractivity contribution < 1.29 is 0 Å². The van der Waals surface area contributed by atoms with Gasteiger partial charge in [0, 0.05) is 44.5 Å². The van der Waals surface area contributed by atoms with Crippen LogP contribution >= 0.6 is 11.8 Å². The normalized spacial score (nSPS) is 10.6. The molecule has 0 radical (unpaired) electrons. The number of benzene rings is 2. The fraction of sp³-hybridized carbons (Fsp3) is 0.217. The zero-order valence-corrected chi connectivity index (χ0v) is 17.5. The molecular formula is C23H24N4S. The number of nitriles is 2. The molecule has 5 heteroatoms. The first-order chi connectivity index (χ1) is 13.5. The van der Waals surface area contributed by atoms with Gasteiger partial charge >= 0.3 is 0 Å². The summed E-state index contributed by atoms with van der Waals surface area (Å²) in [5.41, 5.74) is 3.77. The molecule has 0 aliphatic rings. The molecule has 0 amide bonds. The van der Waals surface area contributed by atoms with Crippen molar-refractivity contribution in [2.24, 2.45) is 0 Å². The number of thioether (sulfide) groups is 1. The highest BCUT2D eigenvalue weighted by molar-refractivity contribution is 8.02. The van der Waals surface area contributed by atoms with Gasteiger partial charge in [-0.15, -0.1) is 11.8 Å². The van der Waals surface area contributed by atoms with Gasteiger partial charge in [0.25, 0.3) is 0 Å². The second kappa shape index (κ2) is 10.3.